The van der Waals surface area contributed by atoms with Gasteiger partial charge in [0.05, 0.1) is 17.8 Å². The van der Waals surface area contributed by atoms with E-state index in [1.165, 1.54) is 0 Å². The number of rotatable bonds is 7. The van der Waals surface area contributed by atoms with Crippen LogP contribution in [0.15, 0.2) is 46.9 Å². The quantitative estimate of drug-likeness (QED) is 0.619. The molecule has 0 aromatic heterocycles. The Morgan fingerprint density at radius 3 is 2.41 bits per heavy atom. The van der Waals surface area contributed by atoms with Crippen molar-refractivity contribution in [3.8, 4) is 0 Å². The number of halogens is 3. The number of nitrogens with one attached hydrogen (secondary N) is 3. The molecule has 0 fully saturated rings. The van der Waals surface area contributed by atoms with E-state index in [0.29, 0.717) is 16.2 Å². The molecule has 0 bridgehead atoms. The predicted octanol–water partition coefficient (Wildman–Crippen LogP) is 2.60. The Kier molecular flexibility index (Phi) is 7.42. The van der Waals surface area contributed by atoms with Gasteiger partial charge in [-0.15, -0.1) is 0 Å². The normalized spacial score (nSPS) is 10.2. The number of hydrogen-bond donors (Lipinski definition) is 3. The average molecular weight is 440 g/mol. The smallest absolute Gasteiger partial charge is 0.254 e. The molecule has 0 radical (unpaired) electrons. The van der Waals surface area contributed by atoms with Gasteiger partial charge in [-0.2, -0.15) is 0 Å². The number of carbonyl (C=O) groups excluding carboxylic acids is 3. The van der Waals surface area contributed by atoms with E-state index in [-0.39, 0.29) is 25.1 Å². The summed E-state index contributed by atoms with van der Waals surface area (Å²) in [5.41, 5.74) is 0.259. The van der Waals surface area contributed by atoms with Gasteiger partial charge in [-0.1, -0.05) is 12.1 Å². The summed E-state index contributed by atoms with van der Waals surface area (Å²) >= 11 is 3.29. The molecular weight excluding hydrogens is 424 g/mol. The number of anilines is 1. The lowest BCUT2D eigenvalue weighted by Crippen LogP contribution is -2.35. The molecule has 0 aliphatic rings. The Balaban J connectivity index is 1.71. The van der Waals surface area contributed by atoms with Gasteiger partial charge in [-0.3, -0.25) is 14.4 Å². The molecule has 0 saturated heterocycles. The van der Waals surface area contributed by atoms with E-state index in [0.717, 1.165) is 12.1 Å². The molecule has 0 spiro atoms. The Morgan fingerprint density at radius 1 is 0.963 bits per heavy atom. The summed E-state index contributed by atoms with van der Waals surface area (Å²) in [5, 5.41) is 7.40. The molecule has 3 N–H and O–H groups in total. The van der Waals surface area contributed by atoms with Gasteiger partial charge in [0.15, 0.2) is 0 Å². The maximum Gasteiger partial charge on any atom is 0.254 e. The van der Waals surface area contributed by atoms with Crippen LogP contribution < -0.4 is 16.0 Å². The van der Waals surface area contributed by atoms with Gasteiger partial charge >= 0.3 is 0 Å². The molecule has 6 nitrogen and oxygen atoms in total. The standard InChI is InChI=1S/C18H16BrF2N3O3/c19-13-3-1-2-4-15(13)24-17(26)10-23-16(25)7-8-22-18(27)12-6-5-11(20)9-14(12)21/h1-6,9H,7-8,10H2,(H,22,27)(H,23,25)(H,24,26). The third kappa shape index (κ3) is 6.45. The van der Waals surface area contributed by atoms with Crippen LogP contribution in [0.4, 0.5) is 14.5 Å². The van der Waals surface area contributed by atoms with Crippen LogP contribution in [0.3, 0.4) is 0 Å². The molecule has 0 atom stereocenters. The van der Waals surface area contributed by atoms with Gasteiger partial charge in [0.1, 0.15) is 11.6 Å². The third-order valence-electron chi connectivity index (χ3n) is 3.41. The first kappa shape index (κ1) is 20.5. The number of para-hydroxylation sites is 1. The van der Waals surface area contributed by atoms with E-state index in [9.17, 15) is 23.2 Å². The highest BCUT2D eigenvalue weighted by atomic mass is 79.9. The van der Waals surface area contributed by atoms with Crippen LogP contribution in [0.1, 0.15) is 16.8 Å². The minimum absolute atomic E-state index is 0.0622. The highest BCUT2D eigenvalue weighted by Gasteiger charge is 2.13. The second kappa shape index (κ2) is 9.77. The van der Waals surface area contributed by atoms with Crippen molar-refractivity contribution < 1.29 is 23.2 Å². The highest BCUT2D eigenvalue weighted by Crippen LogP contribution is 2.20. The molecule has 0 saturated carbocycles. The molecular formula is C18H16BrF2N3O3. The maximum absolute atomic E-state index is 13.5. The first-order valence-electron chi connectivity index (χ1n) is 7.91. The van der Waals surface area contributed by atoms with Gasteiger partial charge in [-0.05, 0) is 40.2 Å². The predicted molar refractivity (Wildman–Crippen MR) is 99.1 cm³/mol. The zero-order chi connectivity index (χ0) is 19.8. The average Bonchev–Trinajstić information content (AvgIpc) is 2.62. The van der Waals surface area contributed by atoms with Crippen LogP contribution in [0.2, 0.25) is 0 Å². The van der Waals surface area contributed by atoms with Crippen LogP contribution in [0, 0.1) is 11.6 Å². The molecule has 2 rings (SSSR count). The maximum atomic E-state index is 13.5. The minimum atomic E-state index is -0.985. The summed E-state index contributed by atoms with van der Waals surface area (Å²) in [6.07, 6.45) is -0.100. The molecule has 2 aromatic carbocycles. The van der Waals surface area contributed by atoms with Gasteiger partial charge in [-0.25, -0.2) is 8.78 Å². The van der Waals surface area contributed by atoms with Crippen molar-refractivity contribution in [2.75, 3.05) is 18.4 Å². The summed E-state index contributed by atoms with van der Waals surface area (Å²) in [4.78, 5) is 35.3. The van der Waals surface area contributed by atoms with Crippen LogP contribution in [-0.4, -0.2) is 30.8 Å². The second-order valence-electron chi connectivity index (χ2n) is 5.43. The van der Waals surface area contributed by atoms with Crippen molar-refractivity contribution in [3.05, 3.63) is 64.1 Å². The lowest BCUT2D eigenvalue weighted by Gasteiger charge is -2.09. The Labute approximate surface area is 162 Å². The first-order chi connectivity index (χ1) is 12.9. The SMILES string of the molecule is O=C(CCNC(=O)c1ccc(F)cc1F)NCC(=O)Nc1ccccc1Br. The fraction of sp³-hybridized carbons (Fsp3) is 0.167. The first-order valence-corrected chi connectivity index (χ1v) is 8.70. The number of carbonyl (C=O) groups is 3. The Morgan fingerprint density at radius 2 is 1.70 bits per heavy atom. The van der Waals surface area contributed by atoms with Crippen molar-refractivity contribution in [2.45, 2.75) is 6.42 Å². The van der Waals surface area contributed by atoms with Gasteiger partial charge in [0, 0.05) is 23.5 Å². The fourth-order valence-electron chi connectivity index (χ4n) is 2.08. The Bertz CT molecular complexity index is 861. The Hall–Kier alpha value is -2.81. The van der Waals surface area contributed by atoms with Crippen LogP contribution in [-0.2, 0) is 9.59 Å². The molecule has 3 amide bonds. The second-order valence-corrected chi connectivity index (χ2v) is 6.29. The zero-order valence-corrected chi connectivity index (χ0v) is 15.6. The monoisotopic (exact) mass is 439 g/mol. The largest absolute Gasteiger partial charge is 0.351 e. The van der Waals surface area contributed by atoms with Crippen molar-refractivity contribution in [3.63, 3.8) is 0 Å². The van der Waals surface area contributed by atoms with Crippen molar-refractivity contribution >= 4 is 39.3 Å². The lowest BCUT2D eigenvalue weighted by molar-refractivity contribution is -0.124. The van der Waals surface area contributed by atoms with Gasteiger partial charge < -0.3 is 16.0 Å². The highest BCUT2D eigenvalue weighted by molar-refractivity contribution is 9.10. The van der Waals surface area contributed by atoms with E-state index in [2.05, 4.69) is 31.9 Å². The number of benzene rings is 2. The van der Waals surface area contributed by atoms with E-state index in [4.69, 9.17) is 0 Å². The summed E-state index contributed by atoms with van der Waals surface area (Å²) in [6, 6.07) is 9.61. The van der Waals surface area contributed by atoms with Crippen LogP contribution >= 0.6 is 15.9 Å². The summed E-state index contributed by atoms with van der Waals surface area (Å²) in [7, 11) is 0. The van der Waals surface area contributed by atoms with Crippen molar-refractivity contribution in [1.82, 2.24) is 10.6 Å². The van der Waals surface area contributed by atoms with Gasteiger partial charge in [0.2, 0.25) is 11.8 Å². The van der Waals surface area contributed by atoms with E-state index >= 15 is 0 Å². The lowest BCUT2D eigenvalue weighted by atomic mass is 10.2. The van der Waals surface area contributed by atoms with E-state index < -0.39 is 29.4 Å². The molecule has 27 heavy (non-hydrogen) atoms. The third-order valence-corrected chi connectivity index (χ3v) is 4.10. The molecule has 142 valence electrons. The number of amides is 3. The van der Waals surface area contributed by atoms with Gasteiger partial charge in [0.25, 0.3) is 5.91 Å². The molecule has 9 heteroatoms. The van der Waals surface area contributed by atoms with Crippen molar-refractivity contribution in [2.24, 2.45) is 0 Å². The topological polar surface area (TPSA) is 87.3 Å². The van der Waals surface area contributed by atoms with E-state index in [1.807, 2.05) is 0 Å². The molecule has 2 aromatic rings. The fourth-order valence-corrected chi connectivity index (χ4v) is 2.47. The summed E-state index contributed by atoms with van der Waals surface area (Å²) in [5.74, 6) is -3.40. The molecule has 0 aliphatic heterocycles. The minimum Gasteiger partial charge on any atom is -0.351 e. The molecule has 0 aliphatic carbocycles. The molecule has 0 unspecified atom stereocenters. The van der Waals surface area contributed by atoms with Crippen LogP contribution in [0.5, 0.6) is 0 Å². The molecule has 0 heterocycles. The number of hydrogen-bond acceptors (Lipinski definition) is 3. The zero-order valence-electron chi connectivity index (χ0n) is 14.0. The van der Waals surface area contributed by atoms with Crippen LogP contribution in [0.25, 0.3) is 0 Å². The summed E-state index contributed by atoms with van der Waals surface area (Å²) < 4.78 is 27.0. The summed E-state index contributed by atoms with van der Waals surface area (Å²) in [6.45, 7) is -0.298. The van der Waals surface area contributed by atoms with Crippen molar-refractivity contribution in [1.29, 1.82) is 0 Å². The van der Waals surface area contributed by atoms with E-state index in [1.54, 1.807) is 24.3 Å².